The Hall–Kier alpha value is -0.650. The van der Waals surface area contributed by atoms with Gasteiger partial charge in [0.15, 0.2) is 0 Å². The number of carbonyl (C=O) groups excluding carboxylic acids is 1. The van der Waals surface area contributed by atoms with Crippen LogP contribution in [0.15, 0.2) is 0 Å². The lowest BCUT2D eigenvalue weighted by Crippen LogP contribution is -2.60. The van der Waals surface area contributed by atoms with Crippen molar-refractivity contribution in [2.24, 2.45) is 5.92 Å². The van der Waals surface area contributed by atoms with Crippen LogP contribution in [0.3, 0.4) is 0 Å². The van der Waals surface area contributed by atoms with Gasteiger partial charge >= 0.3 is 5.97 Å². The molecule has 2 fully saturated rings. The fraction of sp³-hybridized carbons (Fsp3) is 0.933. The molecule has 116 valence electrons. The van der Waals surface area contributed by atoms with E-state index in [1.165, 1.54) is 20.0 Å². The van der Waals surface area contributed by atoms with E-state index >= 15 is 0 Å². The molecule has 1 N–H and O–H groups in total. The molecule has 2 unspecified atom stereocenters. The van der Waals surface area contributed by atoms with Crippen LogP contribution < -0.4 is 5.32 Å². The summed E-state index contributed by atoms with van der Waals surface area (Å²) in [7, 11) is 5.40. The summed E-state index contributed by atoms with van der Waals surface area (Å²) in [5, 5.41) is 3.24. The molecule has 0 spiro atoms. The van der Waals surface area contributed by atoms with Gasteiger partial charge in [0.2, 0.25) is 0 Å². The van der Waals surface area contributed by atoms with Gasteiger partial charge in [0.05, 0.1) is 13.2 Å². The predicted octanol–water partition coefficient (Wildman–Crippen LogP) is 1.03. The van der Waals surface area contributed by atoms with Crippen molar-refractivity contribution < 1.29 is 14.3 Å². The highest BCUT2D eigenvalue weighted by Gasteiger charge is 2.51. The van der Waals surface area contributed by atoms with Crippen molar-refractivity contribution in [3.63, 3.8) is 0 Å². The molecule has 2 aliphatic rings. The number of likely N-dealkylation sites (N-methyl/N-ethyl adjacent to an activating group) is 2. The van der Waals surface area contributed by atoms with Gasteiger partial charge in [-0.15, -0.1) is 0 Å². The summed E-state index contributed by atoms with van der Waals surface area (Å²) in [6.45, 7) is 2.43. The fourth-order valence-electron chi connectivity index (χ4n) is 3.29. The second-order valence-electron chi connectivity index (χ2n) is 6.17. The molecular weight excluding hydrogens is 256 g/mol. The van der Waals surface area contributed by atoms with Crippen molar-refractivity contribution in [2.75, 3.05) is 40.9 Å². The molecule has 1 heterocycles. The zero-order valence-corrected chi connectivity index (χ0v) is 13.0. The van der Waals surface area contributed by atoms with Crippen LogP contribution in [0.25, 0.3) is 0 Å². The number of hydrogen-bond donors (Lipinski definition) is 1. The monoisotopic (exact) mass is 284 g/mol. The van der Waals surface area contributed by atoms with E-state index in [1.807, 2.05) is 7.05 Å². The maximum absolute atomic E-state index is 12.2. The minimum absolute atomic E-state index is 0.140. The van der Waals surface area contributed by atoms with Gasteiger partial charge in [-0.1, -0.05) is 0 Å². The largest absolute Gasteiger partial charge is 0.468 e. The van der Waals surface area contributed by atoms with E-state index in [-0.39, 0.29) is 5.97 Å². The summed E-state index contributed by atoms with van der Waals surface area (Å²) in [4.78, 5) is 14.4. The zero-order chi connectivity index (χ0) is 14.6. The number of methoxy groups -OCH3 is 1. The van der Waals surface area contributed by atoms with Crippen LogP contribution in [0.1, 0.15) is 32.1 Å². The highest BCUT2D eigenvalue weighted by Crippen LogP contribution is 2.40. The van der Waals surface area contributed by atoms with Crippen molar-refractivity contribution in [3.8, 4) is 0 Å². The maximum Gasteiger partial charge on any atom is 0.327 e. The average Bonchev–Trinajstić information content (AvgIpc) is 3.30. The minimum atomic E-state index is -0.557. The molecule has 0 aromatic carbocycles. The molecule has 0 aromatic heterocycles. The Labute approximate surface area is 122 Å². The first-order valence-electron chi connectivity index (χ1n) is 7.70. The molecule has 1 aliphatic heterocycles. The first-order valence-corrected chi connectivity index (χ1v) is 7.70. The van der Waals surface area contributed by atoms with Gasteiger partial charge in [0, 0.05) is 19.7 Å². The van der Waals surface area contributed by atoms with Crippen molar-refractivity contribution >= 4 is 5.97 Å². The van der Waals surface area contributed by atoms with Gasteiger partial charge < -0.3 is 19.7 Å². The summed E-state index contributed by atoms with van der Waals surface area (Å²) >= 11 is 0. The first-order chi connectivity index (χ1) is 9.62. The maximum atomic E-state index is 12.2. The quantitative estimate of drug-likeness (QED) is 0.708. The lowest BCUT2D eigenvalue weighted by atomic mass is 9.92. The Kier molecular flexibility index (Phi) is 5.41. The van der Waals surface area contributed by atoms with Crippen LogP contribution >= 0.6 is 0 Å². The minimum Gasteiger partial charge on any atom is -0.468 e. The van der Waals surface area contributed by atoms with E-state index in [9.17, 15) is 4.79 Å². The zero-order valence-electron chi connectivity index (χ0n) is 13.0. The van der Waals surface area contributed by atoms with Crippen LogP contribution in [0.2, 0.25) is 0 Å². The summed E-state index contributed by atoms with van der Waals surface area (Å²) in [5.74, 6) is 0.258. The van der Waals surface area contributed by atoms with Crippen molar-refractivity contribution in [2.45, 2.75) is 43.7 Å². The third-order valence-electron chi connectivity index (χ3n) is 4.58. The molecule has 0 bridgehead atoms. The topological polar surface area (TPSA) is 50.8 Å². The number of ether oxygens (including phenoxy) is 2. The Bertz CT molecular complexity index is 327. The van der Waals surface area contributed by atoms with Gasteiger partial charge in [0.25, 0.3) is 0 Å². The number of nitrogens with zero attached hydrogens (tertiary/aromatic N) is 1. The van der Waals surface area contributed by atoms with Crippen LogP contribution in [-0.2, 0) is 14.3 Å². The third-order valence-corrected chi connectivity index (χ3v) is 4.58. The number of carbonyl (C=O) groups is 1. The molecular formula is C15H28N2O3. The molecule has 2 atom stereocenters. The third kappa shape index (κ3) is 3.51. The predicted molar refractivity (Wildman–Crippen MR) is 77.6 cm³/mol. The van der Waals surface area contributed by atoms with Crippen LogP contribution in [-0.4, -0.2) is 63.4 Å². The molecule has 1 aliphatic carbocycles. The molecule has 5 heteroatoms. The van der Waals surface area contributed by atoms with E-state index in [0.29, 0.717) is 18.6 Å². The lowest BCUT2D eigenvalue weighted by molar-refractivity contribution is -0.150. The number of esters is 1. The Morgan fingerprint density at radius 2 is 2.15 bits per heavy atom. The van der Waals surface area contributed by atoms with Gasteiger partial charge in [0.1, 0.15) is 5.54 Å². The Morgan fingerprint density at radius 3 is 2.65 bits per heavy atom. The van der Waals surface area contributed by atoms with Crippen molar-refractivity contribution in [3.05, 3.63) is 0 Å². The summed E-state index contributed by atoms with van der Waals surface area (Å²) in [5.41, 5.74) is -0.557. The van der Waals surface area contributed by atoms with Crippen LogP contribution in [0.5, 0.6) is 0 Å². The molecule has 5 nitrogen and oxygen atoms in total. The lowest BCUT2D eigenvalue weighted by Gasteiger charge is -2.36. The summed E-state index contributed by atoms with van der Waals surface area (Å²) < 4.78 is 10.8. The van der Waals surface area contributed by atoms with Gasteiger partial charge in [-0.2, -0.15) is 0 Å². The summed E-state index contributed by atoms with van der Waals surface area (Å²) in [6.07, 6.45) is 6.05. The van der Waals surface area contributed by atoms with Gasteiger partial charge in [-0.3, -0.25) is 0 Å². The van der Waals surface area contributed by atoms with Crippen LogP contribution in [0, 0.1) is 5.92 Å². The average molecular weight is 284 g/mol. The highest BCUT2D eigenvalue weighted by atomic mass is 16.5. The van der Waals surface area contributed by atoms with E-state index < -0.39 is 5.54 Å². The normalized spacial score (nSPS) is 26.3. The second kappa shape index (κ2) is 6.87. The molecule has 2 rings (SSSR count). The van der Waals surface area contributed by atoms with Gasteiger partial charge in [-0.05, 0) is 52.1 Å². The van der Waals surface area contributed by atoms with E-state index in [0.717, 1.165) is 32.4 Å². The molecule has 0 aromatic rings. The molecule has 0 radical (unpaired) electrons. The smallest absolute Gasteiger partial charge is 0.327 e. The molecule has 0 amide bonds. The number of nitrogens with one attached hydrogen (secondary N) is 1. The number of rotatable bonds is 7. The van der Waals surface area contributed by atoms with Crippen LogP contribution in [0.4, 0.5) is 0 Å². The van der Waals surface area contributed by atoms with Crippen molar-refractivity contribution in [1.29, 1.82) is 0 Å². The van der Waals surface area contributed by atoms with E-state index in [2.05, 4.69) is 17.3 Å². The SMILES string of the molecule is CNC(CN(C)CC1CCCCO1)(C(=O)OC)C1CC1. The molecule has 1 saturated heterocycles. The second-order valence-corrected chi connectivity index (χ2v) is 6.17. The standard InChI is InChI=1S/C15H28N2O3/c1-16-15(12-7-8-12,14(18)19-3)11-17(2)10-13-6-4-5-9-20-13/h12-13,16H,4-11H2,1-3H3. The van der Waals surface area contributed by atoms with Gasteiger partial charge in [-0.25, -0.2) is 4.79 Å². The first kappa shape index (κ1) is 15.7. The van der Waals surface area contributed by atoms with E-state index in [1.54, 1.807) is 0 Å². The molecule has 20 heavy (non-hydrogen) atoms. The molecule has 1 saturated carbocycles. The summed E-state index contributed by atoms with van der Waals surface area (Å²) in [6, 6.07) is 0. The van der Waals surface area contributed by atoms with Crippen molar-refractivity contribution in [1.82, 2.24) is 10.2 Å². The fourth-order valence-corrected chi connectivity index (χ4v) is 3.29. The Balaban J connectivity index is 1.94. The highest BCUT2D eigenvalue weighted by molar-refractivity contribution is 5.82. The van der Waals surface area contributed by atoms with E-state index in [4.69, 9.17) is 9.47 Å². The Morgan fingerprint density at radius 1 is 1.40 bits per heavy atom. The number of hydrogen-bond acceptors (Lipinski definition) is 5.